The molecule has 0 spiro atoms. The molecule has 1 unspecified atom stereocenters. The summed E-state index contributed by atoms with van der Waals surface area (Å²) >= 11 is 0. The maximum atomic E-state index is 12.3. The van der Waals surface area contributed by atoms with Gasteiger partial charge in [-0.1, -0.05) is 25.1 Å². The number of benzene rings is 1. The molecular weight excluding hydrogens is 212 g/mol. The summed E-state index contributed by atoms with van der Waals surface area (Å²) < 4.78 is 0. The van der Waals surface area contributed by atoms with Gasteiger partial charge in [-0.3, -0.25) is 4.79 Å². The Morgan fingerprint density at radius 1 is 1.41 bits per heavy atom. The Labute approximate surface area is 103 Å². The molecule has 2 rings (SSSR count). The van der Waals surface area contributed by atoms with Crippen LogP contribution in [-0.4, -0.2) is 25.0 Å². The first kappa shape index (κ1) is 12.1. The van der Waals surface area contributed by atoms with Crippen LogP contribution in [0.4, 0.5) is 5.69 Å². The topological polar surface area (TPSA) is 32.3 Å². The Bertz CT molecular complexity index is 401. The van der Waals surface area contributed by atoms with E-state index < -0.39 is 0 Å². The molecule has 0 aromatic heterocycles. The van der Waals surface area contributed by atoms with Crippen LogP contribution in [0.5, 0.6) is 0 Å². The number of anilines is 1. The lowest BCUT2D eigenvalue weighted by Crippen LogP contribution is -2.51. The fourth-order valence-corrected chi connectivity index (χ4v) is 2.42. The van der Waals surface area contributed by atoms with E-state index in [0.29, 0.717) is 0 Å². The van der Waals surface area contributed by atoms with Gasteiger partial charge in [-0.15, -0.1) is 0 Å². The van der Waals surface area contributed by atoms with Gasteiger partial charge in [0, 0.05) is 12.2 Å². The van der Waals surface area contributed by atoms with E-state index in [0.717, 1.165) is 37.2 Å². The molecule has 1 aliphatic rings. The van der Waals surface area contributed by atoms with Gasteiger partial charge in [-0.25, -0.2) is 0 Å². The van der Waals surface area contributed by atoms with Crippen LogP contribution < -0.4 is 10.2 Å². The van der Waals surface area contributed by atoms with Crippen molar-refractivity contribution in [3.63, 3.8) is 0 Å². The highest BCUT2D eigenvalue weighted by atomic mass is 16.2. The Balaban J connectivity index is 2.21. The fraction of sp³-hybridized carbons (Fsp3) is 0.500. The van der Waals surface area contributed by atoms with Crippen LogP contribution >= 0.6 is 0 Å². The highest BCUT2D eigenvalue weighted by molar-refractivity contribution is 5.98. The molecule has 1 heterocycles. The molecule has 1 fully saturated rings. The molecule has 0 aliphatic carbocycles. The van der Waals surface area contributed by atoms with Gasteiger partial charge in [0.1, 0.15) is 0 Å². The monoisotopic (exact) mass is 232 g/mol. The summed E-state index contributed by atoms with van der Waals surface area (Å²) in [6, 6.07) is 8.08. The fourth-order valence-electron chi connectivity index (χ4n) is 2.42. The molecule has 3 heteroatoms. The van der Waals surface area contributed by atoms with Crippen molar-refractivity contribution in [2.45, 2.75) is 32.7 Å². The maximum absolute atomic E-state index is 12.3. The van der Waals surface area contributed by atoms with Gasteiger partial charge in [-0.05, 0) is 37.9 Å². The molecule has 1 aromatic carbocycles. The summed E-state index contributed by atoms with van der Waals surface area (Å²) in [4.78, 5) is 14.3. The first-order valence-electron chi connectivity index (χ1n) is 6.34. The van der Waals surface area contributed by atoms with Crippen molar-refractivity contribution < 1.29 is 4.79 Å². The zero-order valence-electron chi connectivity index (χ0n) is 10.6. The number of hydrogen-bond donors (Lipinski definition) is 1. The number of hydrogen-bond acceptors (Lipinski definition) is 2. The molecule has 1 saturated heterocycles. The molecule has 0 radical (unpaired) electrons. The standard InChI is InChI=1S/C14H20N2O/c1-3-15-12-8-6-10-16(14(12)17)13-9-5-4-7-11(13)2/h4-5,7,9,12,15H,3,6,8,10H2,1-2H3. The zero-order valence-corrected chi connectivity index (χ0v) is 10.6. The molecule has 3 nitrogen and oxygen atoms in total. The number of likely N-dealkylation sites (N-methyl/N-ethyl adjacent to an activating group) is 1. The SMILES string of the molecule is CCNC1CCCN(c2ccccc2C)C1=O. The van der Waals surface area contributed by atoms with Crippen LogP contribution in [0.3, 0.4) is 0 Å². The Morgan fingerprint density at radius 2 is 2.18 bits per heavy atom. The summed E-state index contributed by atoms with van der Waals surface area (Å²) in [5.74, 6) is 0.215. The van der Waals surface area contributed by atoms with Crippen molar-refractivity contribution >= 4 is 11.6 Å². The van der Waals surface area contributed by atoms with Crippen LogP contribution in [0.25, 0.3) is 0 Å². The zero-order chi connectivity index (χ0) is 12.3. The van der Waals surface area contributed by atoms with Gasteiger partial charge < -0.3 is 10.2 Å². The maximum Gasteiger partial charge on any atom is 0.244 e. The minimum Gasteiger partial charge on any atom is -0.311 e. The lowest BCUT2D eigenvalue weighted by Gasteiger charge is -2.33. The van der Waals surface area contributed by atoms with E-state index in [9.17, 15) is 4.79 Å². The number of nitrogens with zero attached hydrogens (tertiary/aromatic N) is 1. The van der Waals surface area contributed by atoms with Crippen LogP contribution in [0, 0.1) is 6.92 Å². The summed E-state index contributed by atoms with van der Waals surface area (Å²) in [7, 11) is 0. The predicted molar refractivity (Wildman–Crippen MR) is 70.2 cm³/mol. The first-order chi connectivity index (χ1) is 8.24. The van der Waals surface area contributed by atoms with Crippen molar-refractivity contribution in [2.75, 3.05) is 18.0 Å². The number of aryl methyl sites for hydroxylation is 1. The van der Waals surface area contributed by atoms with Crippen molar-refractivity contribution in [3.05, 3.63) is 29.8 Å². The molecule has 1 aliphatic heterocycles. The third kappa shape index (κ3) is 2.50. The molecule has 1 atom stereocenters. The quantitative estimate of drug-likeness (QED) is 0.865. The Morgan fingerprint density at radius 3 is 2.88 bits per heavy atom. The largest absolute Gasteiger partial charge is 0.311 e. The summed E-state index contributed by atoms with van der Waals surface area (Å²) in [6.45, 7) is 5.78. The van der Waals surface area contributed by atoms with E-state index >= 15 is 0 Å². The van der Waals surface area contributed by atoms with Gasteiger partial charge in [-0.2, -0.15) is 0 Å². The number of amides is 1. The highest BCUT2D eigenvalue weighted by Crippen LogP contribution is 2.24. The van der Waals surface area contributed by atoms with Crippen molar-refractivity contribution in [2.24, 2.45) is 0 Å². The van der Waals surface area contributed by atoms with Gasteiger partial charge >= 0.3 is 0 Å². The number of carbonyl (C=O) groups excluding carboxylic acids is 1. The van der Waals surface area contributed by atoms with Crippen molar-refractivity contribution in [3.8, 4) is 0 Å². The minimum atomic E-state index is -0.00615. The van der Waals surface area contributed by atoms with E-state index in [-0.39, 0.29) is 11.9 Å². The van der Waals surface area contributed by atoms with E-state index in [2.05, 4.69) is 18.3 Å². The molecule has 92 valence electrons. The average Bonchev–Trinajstić information content (AvgIpc) is 2.33. The molecule has 17 heavy (non-hydrogen) atoms. The summed E-state index contributed by atoms with van der Waals surface area (Å²) in [6.07, 6.45) is 2.02. The smallest absolute Gasteiger partial charge is 0.244 e. The average molecular weight is 232 g/mol. The van der Waals surface area contributed by atoms with Gasteiger partial charge in [0.15, 0.2) is 0 Å². The molecule has 1 N–H and O–H groups in total. The summed E-state index contributed by atoms with van der Waals surface area (Å²) in [5.41, 5.74) is 2.22. The molecule has 0 bridgehead atoms. The van der Waals surface area contributed by atoms with Crippen LogP contribution in [0.2, 0.25) is 0 Å². The van der Waals surface area contributed by atoms with E-state index in [1.54, 1.807) is 0 Å². The second kappa shape index (κ2) is 5.32. The Hall–Kier alpha value is -1.35. The first-order valence-corrected chi connectivity index (χ1v) is 6.34. The van der Waals surface area contributed by atoms with E-state index in [1.807, 2.05) is 30.0 Å². The van der Waals surface area contributed by atoms with Crippen LogP contribution in [0.15, 0.2) is 24.3 Å². The van der Waals surface area contributed by atoms with Gasteiger partial charge in [0.25, 0.3) is 0 Å². The predicted octanol–water partition coefficient (Wildman–Crippen LogP) is 2.10. The summed E-state index contributed by atoms with van der Waals surface area (Å²) in [5, 5.41) is 3.26. The number of piperidine rings is 1. The molecule has 1 aromatic rings. The number of carbonyl (C=O) groups is 1. The third-order valence-corrected chi connectivity index (χ3v) is 3.30. The van der Waals surface area contributed by atoms with E-state index in [1.165, 1.54) is 0 Å². The Kier molecular flexibility index (Phi) is 3.79. The van der Waals surface area contributed by atoms with Crippen LogP contribution in [-0.2, 0) is 4.79 Å². The molecule has 0 saturated carbocycles. The van der Waals surface area contributed by atoms with Crippen molar-refractivity contribution in [1.29, 1.82) is 0 Å². The second-order valence-corrected chi connectivity index (χ2v) is 4.53. The third-order valence-electron chi connectivity index (χ3n) is 3.30. The minimum absolute atomic E-state index is 0.00615. The number of nitrogens with one attached hydrogen (secondary N) is 1. The van der Waals surface area contributed by atoms with Gasteiger partial charge in [0.05, 0.1) is 6.04 Å². The van der Waals surface area contributed by atoms with Gasteiger partial charge in [0.2, 0.25) is 5.91 Å². The van der Waals surface area contributed by atoms with Crippen LogP contribution in [0.1, 0.15) is 25.3 Å². The normalized spacial score (nSPS) is 20.7. The molecular formula is C14H20N2O. The highest BCUT2D eigenvalue weighted by Gasteiger charge is 2.29. The second-order valence-electron chi connectivity index (χ2n) is 4.53. The van der Waals surface area contributed by atoms with Crippen molar-refractivity contribution in [1.82, 2.24) is 5.32 Å². The number of rotatable bonds is 3. The lowest BCUT2D eigenvalue weighted by atomic mass is 10.0. The number of para-hydroxylation sites is 1. The van der Waals surface area contributed by atoms with E-state index in [4.69, 9.17) is 0 Å². The molecule has 1 amide bonds. The lowest BCUT2D eigenvalue weighted by molar-refractivity contribution is -0.121.